The fourth-order valence-corrected chi connectivity index (χ4v) is 6.59. The Morgan fingerprint density at radius 2 is 0.942 bits per heavy atom. The molecule has 0 fully saturated rings. The van der Waals surface area contributed by atoms with E-state index in [0.717, 1.165) is 23.3 Å². The molecule has 262 valence electrons. The number of hydrazone groups is 2. The summed E-state index contributed by atoms with van der Waals surface area (Å²) in [7, 11) is -7.88. The number of Topliss-reactive ketones (excluding diaryl/α,β-unsaturated/α-hetero) is 2. The number of carbonyl (C=O) groups excluding carboxylic acids is 2. The van der Waals surface area contributed by atoms with Crippen LogP contribution in [0.5, 0.6) is 11.5 Å². The SMILES string of the molecule is Cc1cc(N/N=C2/C=Cc3ccccc3C2=O)c(O)cc1S(N)(=O)=O.Cc1cc(N/N=C2/C=Cc3ccccc3C2=O)c(O)cc1S(N)(=O)=O.[Cr].[Na+]. The minimum absolute atomic E-state index is 0. The van der Waals surface area contributed by atoms with Gasteiger partial charge in [0.25, 0.3) is 0 Å². The molecule has 2 aliphatic rings. The van der Waals surface area contributed by atoms with E-state index < -0.39 is 20.0 Å². The molecule has 52 heavy (non-hydrogen) atoms. The fraction of sp³-hybridized carbons (Fsp3) is 0.0588. The second kappa shape index (κ2) is 16.9. The van der Waals surface area contributed by atoms with Gasteiger partial charge in [0.05, 0.1) is 21.2 Å². The normalized spacial score (nSPS) is 14.7. The van der Waals surface area contributed by atoms with E-state index in [1.54, 1.807) is 62.4 Å². The van der Waals surface area contributed by atoms with Crippen LogP contribution in [0.4, 0.5) is 11.4 Å². The van der Waals surface area contributed by atoms with Gasteiger partial charge >= 0.3 is 29.6 Å². The summed E-state index contributed by atoms with van der Waals surface area (Å²) in [6.07, 6.45) is 6.68. The summed E-state index contributed by atoms with van der Waals surface area (Å²) >= 11 is 0. The van der Waals surface area contributed by atoms with Gasteiger partial charge in [0.15, 0.2) is 0 Å². The minimum atomic E-state index is -3.94. The molecule has 0 saturated carbocycles. The number of fused-ring (bicyclic) bond motifs is 2. The number of ketones is 2. The number of phenolic OH excluding ortho intramolecular Hbond substituents is 2. The summed E-state index contributed by atoms with van der Waals surface area (Å²) in [5.74, 6) is -1.18. The number of nitrogens with two attached hydrogens (primary N) is 2. The van der Waals surface area contributed by atoms with E-state index in [1.165, 1.54) is 12.1 Å². The standard InChI is InChI=1S/2C17H15N3O4S.Cr.Na/c2*1-10-8-14(15(21)9-16(10)25(18,23)24)20-19-13-7-6-11-4-2-3-5-12(11)17(13)22;;/h2*2-9,20-21H,1H3,(H2,18,23,24);;/q;;;+1/b2*19-13-;;. The van der Waals surface area contributed by atoms with E-state index >= 15 is 0 Å². The summed E-state index contributed by atoms with van der Waals surface area (Å²) in [5, 5.41) is 38.2. The summed E-state index contributed by atoms with van der Waals surface area (Å²) in [5.41, 5.74) is 9.24. The molecule has 18 heteroatoms. The molecule has 0 bridgehead atoms. The smallest absolute Gasteiger partial charge is 0.506 e. The number of phenols is 2. The summed E-state index contributed by atoms with van der Waals surface area (Å²) < 4.78 is 45.8. The van der Waals surface area contributed by atoms with E-state index in [9.17, 15) is 36.6 Å². The van der Waals surface area contributed by atoms with Crippen molar-refractivity contribution in [2.45, 2.75) is 23.6 Å². The van der Waals surface area contributed by atoms with Crippen molar-refractivity contribution in [3.05, 3.63) is 118 Å². The van der Waals surface area contributed by atoms with Gasteiger partial charge in [-0.15, -0.1) is 0 Å². The largest absolute Gasteiger partial charge is 1.00 e. The molecule has 6 rings (SSSR count). The van der Waals surface area contributed by atoms with Crippen molar-refractivity contribution in [3.63, 3.8) is 0 Å². The number of hydrogen-bond acceptors (Lipinski definition) is 12. The monoisotopic (exact) mass is 789 g/mol. The molecular weight excluding hydrogens is 760 g/mol. The van der Waals surface area contributed by atoms with Gasteiger partial charge in [-0.3, -0.25) is 20.4 Å². The molecule has 0 radical (unpaired) electrons. The summed E-state index contributed by atoms with van der Waals surface area (Å²) in [6.45, 7) is 3.08. The van der Waals surface area contributed by atoms with Gasteiger partial charge in [-0.1, -0.05) is 60.7 Å². The van der Waals surface area contributed by atoms with Crippen LogP contribution in [0.25, 0.3) is 12.2 Å². The van der Waals surface area contributed by atoms with E-state index in [2.05, 4.69) is 21.1 Å². The Labute approximate surface area is 332 Å². The molecule has 14 nitrogen and oxygen atoms in total. The number of nitrogens with zero attached hydrogens (tertiary/aromatic N) is 2. The Balaban J connectivity index is 0.000000270. The van der Waals surface area contributed by atoms with Crippen molar-refractivity contribution in [2.24, 2.45) is 20.5 Å². The molecule has 4 aromatic carbocycles. The molecule has 0 heterocycles. The van der Waals surface area contributed by atoms with E-state index in [4.69, 9.17) is 10.3 Å². The van der Waals surface area contributed by atoms with Crippen molar-refractivity contribution < 1.29 is 83.6 Å². The Bertz CT molecular complexity index is 2260. The Kier molecular flexibility index (Phi) is 13.7. The van der Waals surface area contributed by atoms with Crippen LogP contribution in [0.2, 0.25) is 0 Å². The molecule has 0 unspecified atom stereocenters. The van der Waals surface area contributed by atoms with Crippen LogP contribution >= 0.6 is 0 Å². The van der Waals surface area contributed by atoms with Gasteiger partial charge in [-0.2, -0.15) is 10.2 Å². The number of hydrogen-bond donors (Lipinski definition) is 6. The second-order valence-corrected chi connectivity index (χ2v) is 14.1. The maximum atomic E-state index is 12.4. The molecule has 0 aliphatic heterocycles. The number of aryl methyl sites for hydroxylation is 2. The molecule has 0 saturated heterocycles. The number of benzene rings is 4. The predicted octanol–water partition coefficient (Wildman–Crippen LogP) is 1.05. The maximum Gasteiger partial charge on any atom is 1.00 e. The van der Waals surface area contributed by atoms with E-state index in [0.29, 0.717) is 22.3 Å². The van der Waals surface area contributed by atoms with Gasteiger partial charge in [-0.25, -0.2) is 27.1 Å². The van der Waals surface area contributed by atoms with Crippen molar-refractivity contribution in [1.29, 1.82) is 0 Å². The van der Waals surface area contributed by atoms with Crippen LogP contribution in [-0.4, -0.2) is 50.0 Å². The van der Waals surface area contributed by atoms with Crippen LogP contribution in [0, 0.1) is 13.8 Å². The van der Waals surface area contributed by atoms with Crippen LogP contribution in [0.1, 0.15) is 43.0 Å². The molecule has 2 aliphatic carbocycles. The topological polar surface area (TPSA) is 244 Å². The van der Waals surface area contributed by atoms with Gasteiger partial charge in [-0.05, 0) is 60.4 Å². The molecule has 4 aromatic rings. The molecule has 0 spiro atoms. The number of sulfonamides is 2. The van der Waals surface area contributed by atoms with Gasteiger partial charge < -0.3 is 10.2 Å². The molecule has 0 aromatic heterocycles. The Morgan fingerprint density at radius 1 is 0.596 bits per heavy atom. The van der Waals surface area contributed by atoms with Gasteiger partial charge in [0.1, 0.15) is 22.9 Å². The fourth-order valence-electron chi connectivity index (χ4n) is 5.03. The third-order valence-electron chi connectivity index (χ3n) is 7.51. The number of allylic oxidation sites excluding steroid dienone is 2. The minimum Gasteiger partial charge on any atom is -0.506 e. The molecule has 8 N–H and O–H groups in total. The first-order valence-electron chi connectivity index (χ1n) is 14.6. The first-order valence-corrected chi connectivity index (χ1v) is 17.7. The van der Waals surface area contributed by atoms with Crippen molar-refractivity contribution in [1.82, 2.24) is 0 Å². The number of anilines is 2. The predicted molar refractivity (Wildman–Crippen MR) is 190 cm³/mol. The third kappa shape index (κ3) is 9.52. The maximum absolute atomic E-state index is 12.4. The number of primary sulfonamides is 2. The number of aromatic hydroxyl groups is 2. The average molecular weight is 790 g/mol. The summed E-state index contributed by atoms with van der Waals surface area (Å²) in [4.78, 5) is 24.4. The zero-order valence-corrected chi connectivity index (χ0v) is 32.8. The first kappa shape index (κ1) is 42.0. The number of nitrogens with one attached hydrogen (secondary N) is 2. The zero-order chi connectivity index (χ0) is 36.4. The van der Waals surface area contributed by atoms with Crippen LogP contribution in [0.3, 0.4) is 0 Å². The van der Waals surface area contributed by atoms with Crippen molar-refractivity contribution in [3.8, 4) is 11.5 Å². The third-order valence-corrected chi connectivity index (χ3v) is 9.62. The first-order chi connectivity index (χ1) is 23.5. The Hall–Kier alpha value is -4.41. The molecule has 0 atom stereocenters. The molecular formula is C34H30CrN6NaO8S2+. The van der Waals surface area contributed by atoms with Crippen LogP contribution in [0.15, 0.2) is 105 Å². The van der Waals surface area contributed by atoms with Gasteiger partial charge in [0, 0.05) is 40.6 Å². The van der Waals surface area contributed by atoms with E-state index in [1.807, 2.05) is 24.3 Å². The van der Waals surface area contributed by atoms with Crippen molar-refractivity contribution in [2.75, 3.05) is 10.9 Å². The summed E-state index contributed by atoms with van der Waals surface area (Å²) in [6, 6.07) is 19.2. The Morgan fingerprint density at radius 3 is 1.29 bits per heavy atom. The van der Waals surface area contributed by atoms with Gasteiger partial charge in [0.2, 0.25) is 31.6 Å². The molecule has 0 amide bonds. The average Bonchev–Trinajstić information content (AvgIpc) is 3.06. The second-order valence-electron chi connectivity index (χ2n) is 11.1. The number of carbonyl (C=O) groups is 2. The van der Waals surface area contributed by atoms with Crippen LogP contribution in [-0.2, 0) is 37.4 Å². The quantitative estimate of drug-likeness (QED) is 0.0922. The van der Waals surface area contributed by atoms with Crippen LogP contribution < -0.4 is 50.7 Å². The number of rotatable bonds is 6. The van der Waals surface area contributed by atoms with E-state index in [-0.39, 0.29) is 103 Å². The van der Waals surface area contributed by atoms with Crippen molar-refractivity contribution >= 4 is 66.6 Å². The zero-order valence-electron chi connectivity index (χ0n) is 27.9.